The molecule has 0 fully saturated rings. The van der Waals surface area contributed by atoms with Crippen LogP contribution in [0.25, 0.3) is 0 Å². The maximum atomic E-state index is 13.3. The molecule has 0 bridgehead atoms. The summed E-state index contributed by atoms with van der Waals surface area (Å²) in [6.07, 6.45) is 5.52. The third kappa shape index (κ3) is 3.12. The zero-order valence-corrected chi connectivity index (χ0v) is 19.5. The predicted octanol–water partition coefficient (Wildman–Crippen LogP) is 4.41. The van der Waals surface area contributed by atoms with Gasteiger partial charge in [0.25, 0.3) is 5.91 Å². The number of nitrogens with zero attached hydrogens (tertiary/aromatic N) is 3. The summed E-state index contributed by atoms with van der Waals surface area (Å²) >= 11 is 0. The van der Waals surface area contributed by atoms with Crippen LogP contribution in [0.5, 0.6) is 0 Å². The highest BCUT2D eigenvalue weighted by atomic mass is 16.2. The summed E-state index contributed by atoms with van der Waals surface area (Å²) in [5, 5.41) is 6.31. The SMILES string of the molecule is O=C(c1ccnc(Nc2ccc3c(c2)CC2(C3)C(=O)Nc3ncccc32)c1)N1CCc2ccccc21. The number of rotatable bonds is 3. The highest BCUT2D eigenvalue weighted by Gasteiger charge is 2.51. The molecule has 3 aliphatic rings. The van der Waals surface area contributed by atoms with Crippen molar-refractivity contribution in [1.82, 2.24) is 9.97 Å². The van der Waals surface area contributed by atoms with Crippen LogP contribution in [0.1, 0.15) is 32.6 Å². The van der Waals surface area contributed by atoms with Gasteiger partial charge in [0.1, 0.15) is 11.6 Å². The summed E-state index contributed by atoms with van der Waals surface area (Å²) in [5.41, 5.74) is 6.32. The Kier molecular flexibility index (Phi) is 4.48. The standard InChI is InChI=1S/C29H23N5O2/c35-27(34-13-10-18-4-1-2-6-24(18)34)19-9-12-30-25(15-19)32-22-8-7-20-16-29(17-21(20)14-22)23-5-3-11-31-26(23)33-28(29)36/h1-9,11-12,14-15H,10,13,16-17H2,(H,30,32)(H,31,33,36). The number of amides is 2. The van der Waals surface area contributed by atoms with Crippen molar-refractivity contribution in [1.29, 1.82) is 0 Å². The Labute approximate surface area is 208 Å². The number of para-hydroxylation sites is 1. The van der Waals surface area contributed by atoms with E-state index in [-0.39, 0.29) is 11.8 Å². The number of nitrogens with one attached hydrogen (secondary N) is 2. The van der Waals surface area contributed by atoms with Crippen LogP contribution in [-0.4, -0.2) is 28.3 Å². The number of pyridine rings is 2. The first-order valence-corrected chi connectivity index (χ1v) is 12.1. The van der Waals surface area contributed by atoms with Gasteiger partial charge in [-0.3, -0.25) is 9.59 Å². The molecular formula is C29H23N5O2. The Morgan fingerprint density at radius 3 is 2.75 bits per heavy atom. The monoisotopic (exact) mass is 473 g/mol. The first-order valence-electron chi connectivity index (χ1n) is 12.1. The van der Waals surface area contributed by atoms with Crippen LogP contribution in [0.2, 0.25) is 0 Å². The van der Waals surface area contributed by atoms with Crippen LogP contribution in [0, 0.1) is 0 Å². The number of carbonyl (C=O) groups excluding carboxylic acids is 2. The van der Waals surface area contributed by atoms with E-state index in [9.17, 15) is 9.59 Å². The van der Waals surface area contributed by atoms with Crippen LogP contribution < -0.4 is 15.5 Å². The Morgan fingerprint density at radius 2 is 1.81 bits per heavy atom. The summed E-state index contributed by atoms with van der Waals surface area (Å²) in [4.78, 5) is 36.9. The predicted molar refractivity (Wildman–Crippen MR) is 138 cm³/mol. The topological polar surface area (TPSA) is 87.2 Å². The van der Waals surface area contributed by atoms with Gasteiger partial charge in [0.15, 0.2) is 0 Å². The second kappa shape index (κ2) is 7.75. The molecular weight excluding hydrogens is 450 g/mol. The minimum absolute atomic E-state index is 0.0123. The molecule has 1 atom stereocenters. The highest BCUT2D eigenvalue weighted by molar-refractivity contribution is 6.08. The molecule has 1 aliphatic carbocycles. The summed E-state index contributed by atoms with van der Waals surface area (Å²) in [7, 11) is 0. The number of benzene rings is 2. The third-order valence-electron chi connectivity index (χ3n) is 7.59. The van der Waals surface area contributed by atoms with E-state index >= 15 is 0 Å². The quantitative estimate of drug-likeness (QED) is 0.460. The van der Waals surface area contributed by atoms with Gasteiger partial charge in [0.2, 0.25) is 5.91 Å². The van der Waals surface area contributed by atoms with E-state index in [4.69, 9.17) is 0 Å². The summed E-state index contributed by atoms with van der Waals surface area (Å²) in [6, 6.07) is 21.6. The zero-order chi connectivity index (χ0) is 24.3. The van der Waals surface area contributed by atoms with Gasteiger partial charge in [-0.25, -0.2) is 9.97 Å². The smallest absolute Gasteiger partial charge is 0.258 e. The molecule has 7 heteroatoms. The van der Waals surface area contributed by atoms with Crippen LogP contribution in [-0.2, 0) is 29.5 Å². The van der Waals surface area contributed by atoms with E-state index in [0.29, 0.717) is 36.6 Å². The van der Waals surface area contributed by atoms with E-state index in [0.717, 1.165) is 34.5 Å². The van der Waals surface area contributed by atoms with Crippen molar-refractivity contribution < 1.29 is 9.59 Å². The van der Waals surface area contributed by atoms with Crippen molar-refractivity contribution in [2.75, 3.05) is 22.1 Å². The Hall–Kier alpha value is -4.52. The molecule has 0 radical (unpaired) electrons. The molecule has 7 rings (SSSR count). The Bertz CT molecular complexity index is 1570. The van der Waals surface area contributed by atoms with Crippen LogP contribution >= 0.6 is 0 Å². The lowest BCUT2D eigenvalue weighted by atomic mass is 9.79. The molecule has 4 heterocycles. The van der Waals surface area contributed by atoms with Gasteiger partial charge in [-0.15, -0.1) is 0 Å². The van der Waals surface area contributed by atoms with Crippen molar-refractivity contribution in [2.24, 2.45) is 0 Å². The second-order valence-electron chi connectivity index (χ2n) is 9.66. The van der Waals surface area contributed by atoms with Gasteiger partial charge in [-0.05, 0) is 72.4 Å². The molecule has 2 amide bonds. The van der Waals surface area contributed by atoms with Gasteiger partial charge >= 0.3 is 0 Å². The van der Waals surface area contributed by atoms with Gasteiger partial charge in [-0.1, -0.05) is 30.3 Å². The van der Waals surface area contributed by atoms with Crippen molar-refractivity contribution in [3.63, 3.8) is 0 Å². The lowest BCUT2D eigenvalue weighted by Gasteiger charge is -2.20. The molecule has 0 saturated carbocycles. The molecule has 0 saturated heterocycles. The molecule has 2 aromatic carbocycles. The van der Waals surface area contributed by atoms with Gasteiger partial charge in [-0.2, -0.15) is 0 Å². The highest BCUT2D eigenvalue weighted by Crippen LogP contribution is 2.47. The fourth-order valence-corrected chi connectivity index (χ4v) is 5.83. The van der Waals surface area contributed by atoms with E-state index in [2.05, 4.69) is 38.8 Å². The fourth-order valence-electron chi connectivity index (χ4n) is 5.83. The summed E-state index contributed by atoms with van der Waals surface area (Å²) < 4.78 is 0. The maximum absolute atomic E-state index is 13.3. The molecule has 2 N–H and O–H groups in total. The minimum Gasteiger partial charge on any atom is -0.340 e. The Morgan fingerprint density at radius 1 is 0.917 bits per heavy atom. The molecule has 1 unspecified atom stereocenters. The van der Waals surface area contributed by atoms with Crippen molar-refractivity contribution in [2.45, 2.75) is 24.7 Å². The van der Waals surface area contributed by atoms with E-state index in [1.807, 2.05) is 41.3 Å². The molecule has 2 aliphatic heterocycles. The number of fused-ring (bicyclic) bond motifs is 4. The summed E-state index contributed by atoms with van der Waals surface area (Å²) in [5.74, 6) is 1.26. The average Bonchev–Trinajstić information content (AvgIpc) is 3.58. The fraction of sp³-hybridized carbons (Fsp3) is 0.172. The van der Waals surface area contributed by atoms with E-state index < -0.39 is 5.41 Å². The number of hydrogen-bond acceptors (Lipinski definition) is 5. The molecule has 4 aromatic rings. The van der Waals surface area contributed by atoms with Crippen molar-refractivity contribution in [3.05, 3.63) is 107 Å². The third-order valence-corrected chi connectivity index (χ3v) is 7.59. The lowest BCUT2D eigenvalue weighted by Crippen LogP contribution is -2.35. The van der Waals surface area contributed by atoms with Gasteiger partial charge in [0.05, 0.1) is 5.41 Å². The minimum atomic E-state index is -0.596. The first-order chi connectivity index (χ1) is 17.6. The van der Waals surface area contributed by atoms with Crippen LogP contribution in [0.4, 0.5) is 23.0 Å². The van der Waals surface area contributed by atoms with Crippen molar-refractivity contribution >= 4 is 34.8 Å². The van der Waals surface area contributed by atoms with Crippen molar-refractivity contribution in [3.8, 4) is 0 Å². The molecule has 1 spiro atoms. The number of aromatic nitrogens is 2. The molecule has 7 nitrogen and oxygen atoms in total. The number of anilines is 4. The maximum Gasteiger partial charge on any atom is 0.258 e. The molecule has 2 aromatic heterocycles. The largest absolute Gasteiger partial charge is 0.340 e. The summed E-state index contributed by atoms with van der Waals surface area (Å²) in [6.45, 7) is 0.683. The average molecular weight is 474 g/mol. The first kappa shape index (κ1) is 20.8. The van der Waals surface area contributed by atoms with Gasteiger partial charge < -0.3 is 15.5 Å². The van der Waals surface area contributed by atoms with Crippen LogP contribution in [0.3, 0.4) is 0 Å². The number of carbonyl (C=O) groups is 2. The molecule has 36 heavy (non-hydrogen) atoms. The van der Waals surface area contributed by atoms with Gasteiger partial charge in [0, 0.05) is 41.4 Å². The number of hydrogen-bond donors (Lipinski definition) is 2. The van der Waals surface area contributed by atoms with E-state index in [1.54, 1.807) is 24.5 Å². The zero-order valence-electron chi connectivity index (χ0n) is 19.5. The normalized spacial score (nSPS) is 19.1. The Balaban J connectivity index is 1.13. The molecule has 176 valence electrons. The second-order valence-corrected chi connectivity index (χ2v) is 9.66. The van der Waals surface area contributed by atoms with E-state index in [1.165, 1.54) is 5.56 Å². The van der Waals surface area contributed by atoms with Crippen LogP contribution in [0.15, 0.2) is 79.1 Å². The lowest BCUT2D eigenvalue weighted by molar-refractivity contribution is -0.120.